The lowest BCUT2D eigenvalue weighted by Gasteiger charge is -2.15. The molecule has 0 rings (SSSR count). The molecule has 26 heavy (non-hydrogen) atoms. The highest BCUT2D eigenvalue weighted by Gasteiger charge is 2.11. The molecule has 4 heteroatoms. The molecule has 0 N–H and O–H groups in total. The summed E-state index contributed by atoms with van der Waals surface area (Å²) in [5, 5.41) is 0. The summed E-state index contributed by atoms with van der Waals surface area (Å²) in [7, 11) is 0. The van der Waals surface area contributed by atoms with E-state index >= 15 is 0 Å². The first kappa shape index (κ1) is 24.9. The molecular formula is C22H42O4. The molecule has 0 aromatic rings. The van der Waals surface area contributed by atoms with Crippen LogP contribution < -0.4 is 0 Å². The third-order valence-corrected chi connectivity index (χ3v) is 4.41. The van der Waals surface area contributed by atoms with Crippen LogP contribution in [0.15, 0.2) is 0 Å². The Morgan fingerprint density at radius 3 is 1.88 bits per heavy atom. The number of hydrogen-bond donors (Lipinski definition) is 0. The lowest BCUT2D eigenvalue weighted by atomic mass is 10.1. The van der Waals surface area contributed by atoms with Crippen molar-refractivity contribution in [2.24, 2.45) is 5.92 Å². The topological polar surface area (TPSA) is 52.6 Å². The average molecular weight is 371 g/mol. The predicted octanol–water partition coefficient (Wildman–Crippen LogP) is 6.21. The van der Waals surface area contributed by atoms with Gasteiger partial charge in [0.05, 0.1) is 12.7 Å². The molecule has 1 atom stereocenters. The van der Waals surface area contributed by atoms with Crippen molar-refractivity contribution < 1.29 is 19.1 Å². The zero-order valence-corrected chi connectivity index (χ0v) is 17.7. The minimum Gasteiger partial charge on any atom is -0.466 e. The first-order valence-corrected chi connectivity index (χ1v) is 10.8. The summed E-state index contributed by atoms with van der Waals surface area (Å²) in [5.74, 6) is 0.300. The van der Waals surface area contributed by atoms with Gasteiger partial charge in [-0.1, -0.05) is 65.7 Å². The molecule has 0 amide bonds. The van der Waals surface area contributed by atoms with Crippen LogP contribution in [-0.4, -0.2) is 24.6 Å². The van der Waals surface area contributed by atoms with Crippen LogP contribution in [0.4, 0.5) is 0 Å². The second kappa shape index (κ2) is 17.4. The molecule has 4 nitrogen and oxygen atoms in total. The maximum Gasteiger partial charge on any atom is 0.306 e. The van der Waals surface area contributed by atoms with Crippen molar-refractivity contribution >= 4 is 11.9 Å². The van der Waals surface area contributed by atoms with E-state index in [-0.39, 0.29) is 18.0 Å². The Bertz CT molecular complexity index is 352. The molecular weight excluding hydrogens is 328 g/mol. The molecule has 0 heterocycles. The largest absolute Gasteiger partial charge is 0.466 e. The monoisotopic (exact) mass is 370 g/mol. The smallest absolute Gasteiger partial charge is 0.306 e. The second-order valence-corrected chi connectivity index (χ2v) is 7.83. The first-order valence-electron chi connectivity index (χ1n) is 10.8. The maximum atomic E-state index is 11.7. The second-order valence-electron chi connectivity index (χ2n) is 7.83. The van der Waals surface area contributed by atoms with E-state index in [0.717, 1.165) is 38.5 Å². The van der Waals surface area contributed by atoms with Gasteiger partial charge in [-0.3, -0.25) is 9.59 Å². The minimum atomic E-state index is -0.125. The fourth-order valence-electron chi connectivity index (χ4n) is 3.03. The third kappa shape index (κ3) is 17.8. The zero-order chi connectivity index (χ0) is 19.6. The standard InChI is InChI=1S/C22H42O4/c1-5-6-7-8-9-10-14-17-25-21(23)15-12-11-13-16-22(24)26-20(4)18-19(2)3/h19-20H,5-18H2,1-4H3. The van der Waals surface area contributed by atoms with Crippen LogP contribution in [0.2, 0.25) is 0 Å². The van der Waals surface area contributed by atoms with Crippen LogP contribution in [0.5, 0.6) is 0 Å². The van der Waals surface area contributed by atoms with E-state index in [1.807, 2.05) is 6.92 Å². The quantitative estimate of drug-likeness (QED) is 0.226. The van der Waals surface area contributed by atoms with Gasteiger partial charge in [-0.2, -0.15) is 0 Å². The molecule has 0 aliphatic carbocycles. The fraction of sp³-hybridized carbons (Fsp3) is 0.909. The first-order chi connectivity index (χ1) is 12.5. The van der Waals surface area contributed by atoms with Crippen LogP contribution in [0.1, 0.15) is 111 Å². The minimum absolute atomic E-state index is 0.0101. The molecule has 0 saturated heterocycles. The normalized spacial score (nSPS) is 12.2. The number of rotatable bonds is 17. The molecule has 0 saturated carbocycles. The van der Waals surface area contributed by atoms with E-state index in [0.29, 0.717) is 25.4 Å². The number of esters is 2. The van der Waals surface area contributed by atoms with Gasteiger partial charge >= 0.3 is 11.9 Å². The number of carbonyl (C=O) groups excluding carboxylic acids is 2. The fourth-order valence-corrected chi connectivity index (χ4v) is 3.03. The molecule has 1 unspecified atom stereocenters. The maximum absolute atomic E-state index is 11.7. The highest BCUT2D eigenvalue weighted by Crippen LogP contribution is 2.11. The summed E-state index contributed by atoms with van der Waals surface area (Å²) in [6, 6.07) is 0. The Morgan fingerprint density at radius 2 is 1.27 bits per heavy atom. The van der Waals surface area contributed by atoms with E-state index in [9.17, 15) is 9.59 Å². The number of ether oxygens (including phenoxy) is 2. The van der Waals surface area contributed by atoms with E-state index in [2.05, 4.69) is 20.8 Å². The van der Waals surface area contributed by atoms with Crippen molar-refractivity contribution in [2.45, 2.75) is 117 Å². The van der Waals surface area contributed by atoms with Gasteiger partial charge in [-0.15, -0.1) is 0 Å². The summed E-state index contributed by atoms with van der Waals surface area (Å²) < 4.78 is 10.6. The average Bonchev–Trinajstić information content (AvgIpc) is 2.56. The summed E-state index contributed by atoms with van der Waals surface area (Å²) in [6.07, 6.45) is 12.8. The Labute approximate surface area is 161 Å². The summed E-state index contributed by atoms with van der Waals surface area (Å²) in [5.41, 5.74) is 0. The van der Waals surface area contributed by atoms with E-state index < -0.39 is 0 Å². The van der Waals surface area contributed by atoms with E-state index in [1.165, 1.54) is 32.1 Å². The van der Waals surface area contributed by atoms with Crippen molar-refractivity contribution in [3.05, 3.63) is 0 Å². The van der Waals surface area contributed by atoms with Crippen LogP contribution in [0, 0.1) is 5.92 Å². The van der Waals surface area contributed by atoms with Gasteiger partial charge < -0.3 is 9.47 Å². The lowest BCUT2D eigenvalue weighted by Crippen LogP contribution is -2.16. The van der Waals surface area contributed by atoms with Gasteiger partial charge in [0, 0.05) is 12.8 Å². The lowest BCUT2D eigenvalue weighted by molar-refractivity contribution is -0.149. The molecule has 0 spiro atoms. The summed E-state index contributed by atoms with van der Waals surface area (Å²) in [6.45, 7) is 8.96. The van der Waals surface area contributed by atoms with Crippen LogP contribution >= 0.6 is 0 Å². The Kier molecular flexibility index (Phi) is 16.7. The molecule has 0 aliphatic rings. The molecule has 0 aliphatic heterocycles. The van der Waals surface area contributed by atoms with Gasteiger partial charge in [-0.05, 0) is 38.5 Å². The Hall–Kier alpha value is -1.06. The van der Waals surface area contributed by atoms with Crippen molar-refractivity contribution in [2.75, 3.05) is 6.61 Å². The van der Waals surface area contributed by atoms with Crippen molar-refractivity contribution in [3.8, 4) is 0 Å². The van der Waals surface area contributed by atoms with Gasteiger partial charge in [0.15, 0.2) is 0 Å². The Morgan fingerprint density at radius 1 is 0.731 bits per heavy atom. The third-order valence-electron chi connectivity index (χ3n) is 4.41. The molecule has 0 radical (unpaired) electrons. The summed E-state index contributed by atoms with van der Waals surface area (Å²) >= 11 is 0. The van der Waals surface area contributed by atoms with Crippen LogP contribution in [-0.2, 0) is 19.1 Å². The highest BCUT2D eigenvalue weighted by atomic mass is 16.5. The SMILES string of the molecule is CCCCCCCCCOC(=O)CCCCCC(=O)OC(C)CC(C)C. The van der Waals surface area contributed by atoms with Gasteiger partial charge in [-0.25, -0.2) is 0 Å². The predicted molar refractivity (Wildman–Crippen MR) is 107 cm³/mol. The van der Waals surface area contributed by atoms with Crippen molar-refractivity contribution in [1.82, 2.24) is 0 Å². The van der Waals surface area contributed by atoms with E-state index in [1.54, 1.807) is 0 Å². The molecule has 0 fully saturated rings. The van der Waals surface area contributed by atoms with E-state index in [4.69, 9.17) is 9.47 Å². The van der Waals surface area contributed by atoms with Gasteiger partial charge in [0.25, 0.3) is 0 Å². The molecule has 0 aromatic heterocycles. The highest BCUT2D eigenvalue weighted by molar-refractivity contribution is 5.70. The number of carbonyl (C=O) groups is 2. The number of hydrogen-bond acceptors (Lipinski definition) is 4. The van der Waals surface area contributed by atoms with Crippen molar-refractivity contribution in [1.29, 1.82) is 0 Å². The van der Waals surface area contributed by atoms with Gasteiger partial charge in [0.1, 0.15) is 0 Å². The van der Waals surface area contributed by atoms with Crippen molar-refractivity contribution in [3.63, 3.8) is 0 Å². The van der Waals surface area contributed by atoms with Crippen LogP contribution in [0.25, 0.3) is 0 Å². The molecule has 154 valence electrons. The summed E-state index contributed by atoms with van der Waals surface area (Å²) in [4.78, 5) is 23.4. The zero-order valence-electron chi connectivity index (χ0n) is 17.7. The molecule has 0 bridgehead atoms. The van der Waals surface area contributed by atoms with Crippen LogP contribution in [0.3, 0.4) is 0 Å². The molecule has 0 aromatic carbocycles. The van der Waals surface area contributed by atoms with Gasteiger partial charge in [0.2, 0.25) is 0 Å². The number of unbranched alkanes of at least 4 members (excludes halogenated alkanes) is 8. The Balaban J connectivity index is 3.42.